The van der Waals surface area contributed by atoms with E-state index >= 15 is 0 Å². The van der Waals surface area contributed by atoms with Crippen LogP contribution in [-0.4, -0.2) is 11.5 Å². The smallest absolute Gasteiger partial charge is 0.0795 e. The van der Waals surface area contributed by atoms with Crippen LogP contribution in [-0.2, 0) is 0 Å². The summed E-state index contributed by atoms with van der Waals surface area (Å²) in [5, 5.41) is 5.75. The lowest BCUT2D eigenvalue weighted by Gasteiger charge is -2.32. The summed E-state index contributed by atoms with van der Waals surface area (Å²) in [6, 6.07) is 0.371. The van der Waals surface area contributed by atoms with E-state index in [1.54, 1.807) is 11.3 Å². The normalized spacial score (nSPS) is 14.0. The molecule has 0 aliphatic carbocycles. The van der Waals surface area contributed by atoms with Crippen molar-refractivity contribution in [1.29, 1.82) is 0 Å². The summed E-state index contributed by atoms with van der Waals surface area (Å²) >= 11 is 1.67. The Bertz CT molecular complexity index is 270. The Balaban J connectivity index is 2.49. The minimum absolute atomic E-state index is 0.371. The van der Waals surface area contributed by atoms with Gasteiger partial charge in [0.2, 0.25) is 0 Å². The number of hydrogen-bond donors (Lipinski definition) is 1. The maximum Gasteiger partial charge on any atom is 0.0795 e. The van der Waals surface area contributed by atoms with Crippen molar-refractivity contribution >= 4 is 11.3 Å². The number of thiazole rings is 1. The molecular weight excluding hydrogens is 216 g/mol. The third-order valence-electron chi connectivity index (χ3n) is 3.93. The second-order valence-corrected chi connectivity index (χ2v) is 5.30. The lowest BCUT2D eigenvalue weighted by Crippen LogP contribution is -2.34. The molecule has 0 radical (unpaired) electrons. The van der Waals surface area contributed by atoms with Crippen LogP contribution in [0, 0.1) is 5.41 Å². The SMILES string of the molecule is CCC(CC)(CC)CNC(C)c1cscn1. The van der Waals surface area contributed by atoms with Crippen molar-refractivity contribution < 1.29 is 0 Å². The first kappa shape index (κ1) is 13.7. The van der Waals surface area contributed by atoms with Gasteiger partial charge in [-0.15, -0.1) is 11.3 Å². The number of rotatable bonds is 7. The van der Waals surface area contributed by atoms with Gasteiger partial charge < -0.3 is 5.32 Å². The minimum Gasteiger partial charge on any atom is -0.308 e. The third kappa shape index (κ3) is 3.29. The topological polar surface area (TPSA) is 24.9 Å². The zero-order chi connectivity index (χ0) is 12.0. The molecule has 3 heteroatoms. The van der Waals surface area contributed by atoms with Crippen LogP contribution in [0.4, 0.5) is 0 Å². The summed E-state index contributed by atoms with van der Waals surface area (Å²) in [5.41, 5.74) is 3.53. The second kappa shape index (κ2) is 6.36. The first-order valence-corrected chi connectivity index (χ1v) is 7.23. The van der Waals surface area contributed by atoms with Gasteiger partial charge in [-0.2, -0.15) is 0 Å². The highest BCUT2D eigenvalue weighted by Gasteiger charge is 2.24. The van der Waals surface area contributed by atoms with Gasteiger partial charge in [0, 0.05) is 18.0 Å². The number of nitrogens with zero attached hydrogens (tertiary/aromatic N) is 1. The molecule has 0 aliphatic heterocycles. The maximum absolute atomic E-state index is 4.35. The highest BCUT2D eigenvalue weighted by atomic mass is 32.1. The summed E-state index contributed by atoms with van der Waals surface area (Å²) in [6.07, 6.45) is 3.74. The van der Waals surface area contributed by atoms with Crippen LogP contribution >= 0.6 is 11.3 Å². The molecule has 0 bridgehead atoms. The van der Waals surface area contributed by atoms with E-state index in [9.17, 15) is 0 Å². The first-order chi connectivity index (χ1) is 7.67. The molecule has 1 N–H and O–H groups in total. The Morgan fingerprint density at radius 1 is 1.31 bits per heavy atom. The van der Waals surface area contributed by atoms with E-state index in [0.29, 0.717) is 11.5 Å². The Kier molecular flexibility index (Phi) is 5.42. The van der Waals surface area contributed by atoms with Crippen molar-refractivity contribution in [3.63, 3.8) is 0 Å². The van der Waals surface area contributed by atoms with E-state index in [1.807, 2.05) is 5.51 Å². The Morgan fingerprint density at radius 3 is 2.38 bits per heavy atom. The Labute approximate surface area is 103 Å². The molecule has 0 amide bonds. The predicted molar refractivity (Wildman–Crippen MR) is 71.8 cm³/mol. The van der Waals surface area contributed by atoms with Crippen molar-refractivity contribution in [2.45, 2.75) is 53.0 Å². The van der Waals surface area contributed by atoms with E-state index in [2.05, 4.69) is 43.4 Å². The standard InChI is InChI=1S/C13H24N2S/c1-5-13(6-2,7-3)9-14-11(4)12-8-16-10-15-12/h8,10-11,14H,5-7,9H2,1-4H3. The van der Waals surface area contributed by atoms with Crippen LogP contribution < -0.4 is 5.32 Å². The molecule has 0 spiro atoms. The molecule has 1 heterocycles. The fraction of sp³-hybridized carbons (Fsp3) is 0.769. The monoisotopic (exact) mass is 240 g/mol. The van der Waals surface area contributed by atoms with E-state index in [-0.39, 0.29) is 0 Å². The lowest BCUT2D eigenvalue weighted by atomic mass is 9.79. The van der Waals surface area contributed by atoms with Crippen molar-refractivity contribution in [2.75, 3.05) is 6.54 Å². The molecule has 2 nitrogen and oxygen atoms in total. The lowest BCUT2D eigenvalue weighted by molar-refractivity contribution is 0.229. The maximum atomic E-state index is 4.35. The number of aromatic nitrogens is 1. The van der Waals surface area contributed by atoms with Crippen LogP contribution in [0.2, 0.25) is 0 Å². The average Bonchev–Trinajstić information content (AvgIpc) is 2.85. The minimum atomic E-state index is 0.371. The molecule has 1 atom stereocenters. The summed E-state index contributed by atoms with van der Waals surface area (Å²) in [7, 11) is 0. The third-order valence-corrected chi connectivity index (χ3v) is 4.53. The van der Waals surface area contributed by atoms with Gasteiger partial charge in [-0.25, -0.2) is 4.98 Å². The Hall–Kier alpha value is -0.410. The highest BCUT2D eigenvalue weighted by Crippen LogP contribution is 2.30. The van der Waals surface area contributed by atoms with Crippen LogP contribution in [0.3, 0.4) is 0 Å². The number of hydrogen-bond acceptors (Lipinski definition) is 3. The van der Waals surface area contributed by atoms with Crippen molar-refractivity contribution in [3.05, 3.63) is 16.6 Å². The molecule has 0 aromatic carbocycles. The van der Waals surface area contributed by atoms with Gasteiger partial charge in [0.05, 0.1) is 11.2 Å². The van der Waals surface area contributed by atoms with E-state index < -0.39 is 0 Å². The summed E-state index contributed by atoms with van der Waals surface area (Å²) < 4.78 is 0. The largest absolute Gasteiger partial charge is 0.308 e. The molecule has 92 valence electrons. The molecule has 1 unspecified atom stereocenters. The Morgan fingerprint density at radius 2 is 1.94 bits per heavy atom. The predicted octanol–water partition coefficient (Wildman–Crippen LogP) is 4.01. The van der Waals surface area contributed by atoms with Crippen LogP contribution in [0.1, 0.15) is 58.7 Å². The molecule has 1 rings (SSSR count). The van der Waals surface area contributed by atoms with Crippen LogP contribution in [0.25, 0.3) is 0 Å². The molecule has 1 aromatic rings. The van der Waals surface area contributed by atoms with Crippen LogP contribution in [0.15, 0.2) is 10.9 Å². The highest BCUT2D eigenvalue weighted by molar-refractivity contribution is 7.07. The fourth-order valence-corrected chi connectivity index (χ4v) is 2.68. The van der Waals surface area contributed by atoms with Crippen molar-refractivity contribution in [1.82, 2.24) is 10.3 Å². The molecule has 1 aromatic heterocycles. The van der Waals surface area contributed by atoms with Gasteiger partial charge in [0.1, 0.15) is 0 Å². The van der Waals surface area contributed by atoms with E-state index in [4.69, 9.17) is 0 Å². The average molecular weight is 240 g/mol. The molecular formula is C13H24N2S. The summed E-state index contributed by atoms with van der Waals surface area (Å²) in [5.74, 6) is 0. The van der Waals surface area contributed by atoms with Gasteiger partial charge in [0.15, 0.2) is 0 Å². The van der Waals surface area contributed by atoms with Crippen LogP contribution in [0.5, 0.6) is 0 Å². The van der Waals surface area contributed by atoms with E-state index in [1.165, 1.54) is 25.0 Å². The first-order valence-electron chi connectivity index (χ1n) is 6.29. The molecule has 0 saturated heterocycles. The molecule has 0 aliphatic rings. The summed E-state index contributed by atoms with van der Waals surface area (Å²) in [6.45, 7) is 10.2. The zero-order valence-electron chi connectivity index (χ0n) is 10.9. The van der Waals surface area contributed by atoms with Gasteiger partial charge in [-0.05, 0) is 31.6 Å². The van der Waals surface area contributed by atoms with Crippen molar-refractivity contribution in [2.24, 2.45) is 5.41 Å². The molecule has 16 heavy (non-hydrogen) atoms. The molecule has 0 saturated carbocycles. The van der Waals surface area contributed by atoms with Crippen molar-refractivity contribution in [3.8, 4) is 0 Å². The fourth-order valence-electron chi connectivity index (χ4n) is 2.03. The van der Waals surface area contributed by atoms with E-state index in [0.717, 1.165) is 6.54 Å². The second-order valence-electron chi connectivity index (χ2n) is 4.58. The van der Waals surface area contributed by atoms with Gasteiger partial charge >= 0.3 is 0 Å². The molecule has 0 fully saturated rings. The number of nitrogens with one attached hydrogen (secondary N) is 1. The quantitative estimate of drug-likeness (QED) is 0.779. The van der Waals surface area contributed by atoms with Gasteiger partial charge in [0.25, 0.3) is 0 Å². The van der Waals surface area contributed by atoms with Gasteiger partial charge in [-0.1, -0.05) is 20.8 Å². The summed E-state index contributed by atoms with van der Waals surface area (Å²) in [4.78, 5) is 4.35. The van der Waals surface area contributed by atoms with Gasteiger partial charge in [-0.3, -0.25) is 0 Å². The zero-order valence-corrected chi connectivity index (χ0v) is 11.7.